The molecule has 0 spiro atoms. The number of nitrogens with one attached hydrogen (secondary N) is 1. The molecular formula is C31H35Cl2FN2O10. The molecule has 1 saturated carbocycles. The minimum atomic E-state index is -1.88. The molecule has 2 aromatic rings. The molecule has 2 aromatic carbocycles. The number of nitrogens with two attached hydrogens (primary N) is 1. The number of fused-ring (bicyclic) bond motifs is 1. The first-order valence-electron chi connectivity index (χ1n) is 14.4. The highest BCUT2D eigenvalue weighted by Crippen LogP contribution is 2.34. The Balaban J connectivity index is 1.18. The monoisotopic (exact) mass is 684 g/mol. The number of hydrogen-bond acceptors (Lipinski definition) is 11. The number of aliphatic hydroxyl groups excluding tert-OH is 4. The molecule has 5 rings (SSSR count). The maximum Gasteiger partial charge on any atom is 0.247 e. The first-order valence-corrected chi connectivity index (χ1v) is 15.2. The molecule has 15 heteroatoms. The average molecular weight is 686 g/mol. The minimum Gasteiger partial charge on any atom is -0.488 e. The van der Waals surface area contributed by atoms with Gasteiger partial charge in [0, 0.05) is 10.6 Å². The van der Waals surface area contributed by atoms with E-state index in [1.54, 1.807) is 37.3 Å². The standard InChI is InChI=1S/C31H35Cl2FN2O10/c1-13(7-8-42-19-6-4-16(32)11-17(19)33)27-23(37)21(34)31(46-27)45-20-5-3-15(10-18(20)35)9-14(2)30(41)36-22-24(38)26(40)29-28(25(22)39)43-12-44-29/h3-7,9-11,21-29,31,37-40H,8,12,35H2,1-2H3,(H,36,41)/t21-,22+,23-,24-,25+,26+,27+,28-,29+,31+/m0/s1. The number of rotatable bonds is 9. The van der Waals surface area contributed by atoms with Crippen molar-refractivity contribution in [1.82, 2.24) is 5.32 Å². The molecule has 0 bridgehead atoms. The van der Waals surface area contributed by atoms with Crippen LogP contribution in [0.25, 0.3) is 6.08 Å². The lowest BCUT2D eigenvalue weighted by molar-refractivity contribution is -0.155. The van der Waals surface area contributed by atoms with Gasteiger partial charge in [-0.15, -0.1) is 0 Å². The largest absolute Gasteiger partial charge is 0.488 e. The molecule has 1 amide bonds. The molecule has 7 N–H and O–H groups in total. The summed E-state index contributed by atoms with van der Waals surface area (Å²) in [5.74, 6) is -0.110. The Morgan fingerprint density at radius 1 is 1.02 bits per heavy atom. The van der Waals surface area contributed by atoms with Gasteiger partial charge in [-0.2, -0.15) is 0 Å². The van der Waals surface area contributed by atoms with Crippen LogP contribution in [0.1, 0.15) is 19.4 Å². The summed E-state index contributed by atoms with van der Waals surface area (Å²) in [6.07, 6.45) is -8.69. The van der Waals surface area contributed by atoms with Gasteiger partial charge in [-0.1, -0.05) is 29.3 Å². The Hall–Kier alpha value is -2.98. The summed E-state index contributed by atoms with van der Waals surface area (Å²) < 4.78 is 42.5. The lowest BCUT2D eigenvalue weighted by atomic mass is 9.83. The molecule has 0 aromatic heterocycles. The molecule has 12 nitrogen and oxygen atoms in total. The number of alkyl halides is 1. The van der Waals surface area contributed by atoms with Crippen LogP contribution in [0.2, 0.25) is 10.0 Å². The maximum absolute atomic E-state index is 15.0. The van der Waals surface area contributed by atoms with Gasteiger partial charge in [0.15, 0.2) is 6.17 Å². The fraction of sp³-hybridized carbons (Fsp3) is 0.452. The van der Waals surface area contributed by atoms with Crippen LogP contribution in [0.15, 0.2) is 53.6 Å². The molecule has 250 valence electrons. The number of amides is 1. The SMILES string of the molecule is CC(=Cc1ccc(O[C@@H]2O[C@H](C(C)=CCOc3ccc(Cl)cc3Cl)[C@@H](O)[C@@H]2F)c(N)c1)C(=O)N[C@@H]1[C@H](O)[C@@H](O)[C@H]2OCO[C@H]2[C@@H]1O. The van der Waals surface area contributed by atoms with Crippen LogP contribution in [0.3, 0.4) is 0 Å². The van der Waals surface area contributed by atoms with Crippen molar-refractivity contribution in [2.75, 3.05) is 19.1 Å². The Morgan fingerprint density at radius 2 is 1.72 bits per heavy atom. The number of carbonyl (C=O) groups is 1. The van der Waals surface area contributed by atoms with Crippen LogP contribution in [-0.4, -0.2) is 101 Å². The number of benzene rings is 2. The highest BCUT2D eigenvalue weighted by Gasteiger charge is 2.53. The van der Waals surface area contributed by atoms with Crippen LogP contribution in [0.4, 0.5) is 10.1 Å². The Bertz CT molecular complexity index is 1500. The Morgan fingerprint density at radius 3 is 2.41 bits per heavy atom. The summed E-state index contributed by atoms with van der Waals surface area (Å²) in [5.41, 5.74) is 7.48. The summed E-state index contributed by atoms with van der Waals surface area (Å²) in [7, 11) is 0. The zero-order valence-electron chi connectivity index (χ0n) is 24.8. The van der Waals surface area contributed by atoms with Gasteiger partial charge in [-0.05, 0) is 67.5 Å². The number of hydrogen-bond donors (Lipinski definition) is 6. The Kier molecular flexibility index (Phi) is 10.8. The van der Waals surface area contributed by atoms with Crippen molar-refractivity contribution in [3.63, 3.8) is 0 Å². The van der Waals surface area contributed by atoms with E-state index in [2.05, 4.69) is 5.32 Å². The smallest absolute Gasteiger partial charge is 0.247 e. The van der Waals surface area contributed by atoms with Gasteiger partial charge < -0.3 is 55.2 Å². The van der Waals surface area contributed by atoms with Gasteiger partial charge in [0.25, 0.3) is 0 Å². The zero-order chi connectivity index (χ0) is 33.3. The fourth-order valence-electron chi connectivity index (χ4n) is 5.49. The number of anilines is 1. The second kappa shape index (κ2) is 14.4. The fourth-order valence-corrected chi connectivity index (χ4v) is 5.96. The van der Waals surface area contributed by atoms with E-state index in [-0.39, 0.29) is 30.4 Å². The third kappa shape index (κ3) is 7.28. The first-order chi connectivity index (χ1) is 21.8. The van der Waals surface area contributed by atoms with Gasteiger partial charge in [-0.3, -0.25) is 4.79 Å². The zero-order valence-corrected chi connectivity index (χ0v) is 26.3. The summed E-state index contributed by atoms with van der Waals surface area (Å²) in [4.78, 5) is 12.9. The lowest BCUT2D eigenvalue weighted by Gasteiger charge is -2.41. The second-order valence-electron chi connectivity index (χ2n) is 11.3. The molecular weight excluding hydrogens is 650 g/mol. The average Bonchev–Trinajstić information content (AvgIpc) is 3.62. The topological polar surface area (TPSA) is 182 Å². The third-order valence-corrected chi connectivity index (χ3v) is 8.61. The van der Waals surface area contributed by atoms with Crippen molar-refractivity contribution in [3.05, 3.63) is 69.2 Å². The van der Waals surface area contributed by atoms with Crippen LogP contribution < -0.4 is 20.5 Å². The van der Waals surface area contributed by atoms with Crippen LogP contribution >= 0.6 is 23.2 Å². The van der Waals surface area contributed by atoms with Crippen LogP contribution in [0.5, 0.6) is 11.5 Å². The molecule has 10 atom stereocenters. The number of carbonyl (C=O) groups excluding carboxylic acids is 1. The molecule has 3 aliphatic rings. The number of nitrogen functional groups attached to an aromatic ring is 1. The molecule has 2 heterocycles. The van der Waals surface area contributed by atoms with Crippen LogP contribution in [-0.2, 0) is 19.0 Å². The van der Waals surface area contributed by atoms with E-state index in [9.17, 15) is 25.2 Å². The predicted octanol–water partition coefficient (Wildman–Crippen LogP) is 2.13. The van der Waals surface area contributed by atoms with Crippen molar-refractivity contribution in [3.8, 4) is 11.5 Å². The minimum absolute atomic E-state index is 0.0791. The molecule has 2 aliphatic heterocycles. The van der Waals surface area contributed by atoms with Crippen molar-refractivity contribution >= 4 is 40.9 Å². The molecule has 1 aliphatic carbocycles. The van der Waals surface area contributed by atoms with Crippen molar-refractivity contribution in [2.45, 2.75) is 75.1 Å². The maximum atomic E-state index is 15.0. The quantitative estimate of drug-likeness (QED) is 0.129. The van der Waals surface area contributed by atoms with Gasteiger partial charge >= 0.3 is 0 Å². The van der Waals surface area contributed by atoms with Crippen molar-refractivity contribution in [2.24, 2.45) is 0 Å². The van der Waals surface area contributed by atoms with Crippen molar-refractivity contribution < 1.29 is 53.3 Å². The first kappa shape index (κ1) is 34.4. The van der Waals surface area contributed by atoms with Crippen LogP contribution in [0, 0.1) is 0 Å². The van der Waals surface area contributed by atoms with Gasteiger partial charge in [0.05, 0.1) is 16.8 Å². The number of aliphatic hydroxyl groups is 4. The Labute approximate surface area is 274 Å². The van der Waals surface area contributed by atoms with E-state index in [1.807, 2.05) is 0 Å². The van der Waals surface area contributed by atoms with E-state index in [4.69, 9.17) is 52.6 Å². The van der Waals surface area contributed by atoms with Gasteiger partial charge in [0.2, 0.25) is 12.2 Å². The molecule has 0 radical (unpaired) electrons. The van der Waals surface area contributed by atoms with Gasteiger partial charge in [0.1, 0.15) is 67.6 Å². The summed E-state index contributed by atoms with van der Waals surface area (Å²) in [5, 5.41) is 45.2. The molecule has 46 heavy (non-hydrogen) atoms. The van der Waals surface area contributed by atoms with Gasteiger partial charge in [-0.25, -0.2) is 4.39 Å². The third-order valence-electron chi connectivity index (χ3n) is 8.08. The molecule has 3 fully saturated rings. The highest BCUT2D eigenvalue weighted by atomic mass is 35.5. The van der Waals surface area contributed by atoms with E-state index >= 15 is 4.39 Å². The summed E-state index contributed by atoms with van der Waals surface area (Å²) in [6, 6.07) is 8.12. The van der Waals surface area contributed by atoms with E-state index in [0.29, 0.717) is 26.9 Å². The van der Waals surface area contributed by atoms with E-state index in [1.165, 1.54) is 25.1 Å². The highest BCUT2D eigenvalue weighted by molar-refractivity contribution is 6.35. The molecule has 0 unspecified atom stereocenters. The lowest BCUT2D eigenvalue weighted by Crippen LogP contribution is -2.67. The predicted molar refractivity (Wildman–Crippen MR) is 165 cm³/mol. The van der Waals surface area contributed by atoms with Crippen molar-refractivity contribution in [1.29, 1.82) is 0 Å². The van der Waals surface area contributed by atoms with E-state index < -0.39 is 67.1 Å². The normalized spacial score (nSPS) is 33.1. The molecule has 2 saturated heterocycles. The number of halogens is 3. The number of ether oxygens (including phenoxy) is 5. The second-order valence-corrected chi connectivity index (χ2v) is 12.1. The summed E-state index contributed by atoms with van der Waals surface area (Å²) >= 11 is 12.0. The van der Waals surface area contributed by atoms with E-state index in [0.717, 1.165) is 0 Å². The summed E-state index contributed by atoms with van der Waals surface area (Å²) in [6.45, 7) is 3.11.